The maximum absolute atomic E-state index is 11.0. The Labute approximate surface area is 93.9 Å². The highest BCUT2D eigenvalue weighted by atomic mass is 35.5. The molecule has 0 radical (unpaired) electrons. The minimum Gasteiger partial charge on any atom is -0.347 e. The van der Waals surface area contributed by atoms with E-state index < -0.39 is 0 Å². The molecule has 2 heterocycles. The number of nitrogens with one attached hydrogen (secondary N) is 3. The van der Waals surface area contributed by atoms with E-state index in [0.717, 1.165) is 12.1 Å². The number of aromatic nitrogens is 2. The molecule has 7 heteroatoms. The number of halogens is 2. The van der Waals surface area contributed by atoms with Gasteiger partial charge in [0.15, 0.2) is 0 Å². The molecule has 0 aromatic carbocycles. The van der Waals surface area contributed by atoms with Gasteiger partial charge in [-0.2, -0.15) is 5.10 Å². The molecule has 1 saturated heterocycles. The lowest BCUT2D eigenvalue weighted by Crippen LogP contribution is -2.46. The highest BCUT2D eigenvalue weighted by Gasteiger charge is 2.19. The molecule has 1 aromatic heterocycles. The van der Waals surface area contributed by atoms with E-state index in [1.54, 1.807) is 12.4 Å². The van der Waals surface area contributed by atoms with Gasteiger partial charge in [-0.15, -0.1) is 24.8 Å². The third-order valence-corrected chi connectivity index (χ3v) is 1.89. The number of hydrogen-bond donors (Lipinski definition) is 3. The van der Waals surface area contributed by atoms with Crippen LogP contribution in [-0.4, -0.2) is 29.2 Å². The van der Waals surface area contributed by atoms with Gasteiger partial charge in [0, 0.05) is 18.3 Å². The third kappa shape index (κ3) is 2.87. The van der Waals surface area contributed by atoms with Gasteiger partial charge < -0.3 is 10.6 Å². The van der Waals surface area contributed by atoms with Crippen molar-refractivity contribution >= 4 is 30.7 Å². The van der Waals surface area contributed by atoms with E-state index in [0.29, 0.717) is 6.54 Å². The fourth-order valence-electron chi connectivity index (χ4n) is 1.28. The lowest BCUT2D eigenvalue weighted by molar-refractivity contribution is -0.122. The zero-order valence-corrected chi connectivity index (χ0v) is 8.95. The normalized spacial score (nSPS) is 20.3. The van der Waals surface area contributed by atoms with Gasteiger partial charge in [-0.25, -0.2) is 0 Å². The van der Waals surface area contributed by atoms with Gasteiger partial charge in [0.05, 0.1) is 18.8 Å². The number of piperazine rings is 1. The first-order valence-corrected chi connectivity index (χ1v) is 3.85. The Balaban J connectivity index is 0.000000845. The Kier molecular flexibility index (Phi) is 5.52. The first-order chi connectivity index (χ1) is 5.86. The average Bonchev–Trinajstić information content (AvgIpc) is 2.56. The molecule has 5 nitrogen and oxygen atoms in total. The van der Waals surface area contributed by atoms with Crippen molar-refractivity contribution in [1.82, 2.24) is 20.8 Å². The van der Waals surface area contributed by atoms with Crippen LogP contribution in [0.15, 0.2) is 12.4 Å². The van der Waals surface area contributed by atoms with E-state index >= 15 is 0 Å². The molecular formula is C7H12Cl2N4O. The molecule has 1 aromatic rings. The predicted molar refractivity (Wildman–Crippen MR) is 56.8 cm³/mol. The second-order valence-electron chi connectivity index (χ2n) is 2.78. The molecule has 1 aliphatic heterocycles. The predicted octanol–water partition coefficient (Wildman–Crippen LogP) is 0.0138. The standard InChI is InChI=1S/C7H10N4O.2ClH/c12-7-4-8-3-6(11-7)5-1-9-10-2-5;;/h1-2,6,8H,3-4H2,(H,9,10)(H,11,12);2*1H. The molecule has 1 amide bonds. The Morgan fingerprint density at radius 1 is 1.43 bits per heavy atom. The second-order valence-corrected chi connectivity index (χ2v) is 2.78. The van der Waals surface area contributed by atoms with E-state index in [2.05, 4.69) is 20.8 Å². The van der Waals surface area contributed by atoms with Crippen molar-refractivity contribution in [1.29, 1.82) is 0 Å². The molecule has 2 rings (SSSR count). The van der Waals surface area contributed by atoms with Gasteiger partial charge >= 0.3 is 0 Å². The summed E-state index contributed by atoms with van der Waals surface area (Å²) in [6.45, 7) is 1.18. The van der Waals surface area contributed by atoms with Crippen LogP contribution in [0.3, 0.4) is 0 Å². The fraction of sp³-hybridized carbons (Fsp3) is 0.429. The van der Waals surface area contributed by atoms with Crippen LogP contribution >= 0.6 is 24.8 Å². The molecule has 0 aliphatic carbocycles. The lowest BCUT2D eigenvalue weighted by atomic mass is 10.1. The van der Waals surface area contributed by atoms with Gasteiger partial charge in [0.1, 0.15) is 0 Å². The molecule has 14 heavy (non-hydrogen) atoms. The first-order valence-electron chi connectivity index (χ1n) is 3.85. The topological polar surface area (TPSA) is 69.8 Å². The zero-order chi connectivity index (χ0) is 8.39. The quantitative estimate of drug-likeness (QED) is 0.646. The summed E-state index contributed by atoms with van der Waals surface area (Å²) in [5.41, 5.74) is 1.01. The van der Waals surface area contributed by atoms with Crippen molar-refractivity contribution < 1.29 is 4.79 Å². The number of hydrogen-bond acceptors (Lipinski definition) is 3. The highest BCUT2D eigenvalue weighted by molar-refractivity contribution is 5.85. The summed E-state index contributed by atoms with van der Waals surface area (Å²) >= 11 is 0. The van der Waals surface area contributed by atoms with Gasteiger partial charge in [-0.1, -0.05) is 0 Å². The van der Waals surface area contributed by atoms with Crippen LogP contribution in [0.5, 0.6) is 0 Å². The number of rotatable bonds is 1. The summed E-state index contributed by atoms with van der Waals surface area (Å²) in [5.74, 6) is 0.0347. The minimum atomic E-state index is 0. The molecule has 0 spiro atoms. The largest absolute Gasteiger partial charge is 0.347 e. The average molecular weight is 239 g/mol. The molecule has 0 bridgehead atoms. The van der Waals surface area contributed by atoms with Crippen LogP contribution in [0.4, 0.5) is 0 Å². The molecule has 3 N–H and O–H groups in total. The smallest absolute Gasteiger partial charge is 0.234 e. The Morgan fingerprint density at radius 3 is 2.79 bits per heavy atom. The van der Waals surface area contributed by atoms with Crippen molar-refractivity contribution in [2.24, 2.45) is 0 Å². The van der Waals surface area contributed by atoms with E-state index in [1.807, 2.05) is 0 Å². The lowest BCUT2D eigenvalue weighted by Gasteiger charge is -2.22. The molecule has 1 fully saturated rings. The van der Waals surface area contributed by atoms with Crippen LogP contribution in [0, 0.1) is 0 Å². The first kappa shape index (κ1) is 13.2. The summed E-state index contributed by atoms with van der Waals surface area (Å²) < 4.78 is 0. The van der Waals surface area contributed by atoms with Crippen LogP contribution in [-0.2, 0) is 4.79 Å². The number of aromatic amines is 1. The Bertz CT molecular complexity index is 277. The molecule has 0 saturated carbocycles. The number of nitrogens with zero attached hydrogens (tertiary/aromatic N) is 1. The van der Waals surface area contributed by atoms with Crippen LogP contribution < -0.4 is 10.6 Å². The summed E-state index contributed by atoms with van der Waals surface area (Å²) in [7, 11) is 0. The molecule has 1 aliphatic rings. The summed E-state index contributed by atoms with van der Waals surface area (Å²) in [6.07, 6.45) is 3.51. The monoisotopic (exact) mass is 238 g/mol. The number of carbonyl (C=O) groups is 1. The Hall–Kier alpha value is -0.780. The van der Waals surface area contributed by atoms with Crippen molar-refractivity contribution in [3.05, 3.63) is 18.0 Å². The van der Waals surface area contributed by atoms with Crippen molar-refractivity contribution in [2.45, 2.75) is 6.04 Å². The molecule has 80 valence electrons. The number of amides is 1. The van der Waals surface area contributed by atoms with Gasteiger partial charge in [0.2, 0.25) is 5.91 Å². The maximum Gasteiger partial charge on any atom is 0.234 e. The third-order valence-electron chi connectivity index (χ3n) is 1.89. The highest BCUT2D eigenvalue weighted by Crippen LogP contribution is 2.10. The van der Waals surface area contributed by atoms with E-state index in [-0.39, 0.29) is 36.8 Å². The maximum atomic E-state index is 11.0. The second kappa shape index (κ2) is 5.85. The Morgan fingerprint density at radius 2 is 2.21 bits per heavy atom. The van der Waals surface area contributed by atoms with E-state index in [9.17, 15) is 4.79 Å². The van der Waals surface area contributed by atoms with Crippen molar-refractivity contribution in [3.8, 4) is 0 Å². The van der Waals surface area contributed by atoms with E-state index in [1.165, 1.54) is 0 Å². The SMILES string of the molecule is Cl.Cl.O=C1CNCC(c2cn[nH]c2)N1. The fourth-order valence-corrected chi connectivity index (χ4v) is 1.28. The van der Waals surface area contributed by atoms with E-state index in [4.69, 9.17) is 0 Å². The van der Waals surface area contributed by atoms with Gasteiger partial charge in [-0.3, -0.25) is 9.89 Å². The van der Waals surface area contributed by atoms with Crippen molar-refractivity contribution in [3.63, 3.8) is 0 Å². The summed E-state index contributed by atoms with van der Waals surface area (Å²) in [6, 6.07) is 0.0602. The van der Waals surface area contributed by atoms with Crippen molar-refractivity contribution in [2.75, 3.05) is 13.1 Å². The van der Waals surface area contributed by atoms with Crippen LogP contribution in [0.25, 0.3) is 0 Å². The van der Waals surface area contributed by atoms with Crippen LogP contribution in [0.1, 0.15) is 11.6 Å². The van der Waals surface area contributed by atoms with Crippen LogP contribution in [0.2, 0.25) is 0 Å². The van der Waals surface area contributed by atoms with Gasteiger partial charge in [-0.05, 0) is 0 Å². The number of carbonyl (C=O) groups excluding carboxylic acids is 1. The molecule has 1 unspecified atom stereocenters. The summed E-state index contributed by atoms with van der Waals surface area (Å²) in [5, 5.41) is 12.4. The summed E-state index contributed by atoms with van der Waals surface area (Å²) in [4.78, 5) is 11.0. The molecular weight excluding hydrogens is 227 g/mol. The number of H-pyrrole nitrogens is 1. The van der Waals surface area contributed by atoms with Gasteiger partial charge in [0.25, 0.3) is 0 Å². The minimum absolute atomic E-state index is 0. The molecule has 1 atom stereocenters. The zero-order valence-electron chi connectivity index (χ0n) is 7.32.